The normalized spacial score (nSPS) is 17.7. The third-order valence-corrected chi connectivity index (χ3v) is 7.68. The van der Waals surface area contributed by atoms with E-state index in [9.17, 15) is 13.6 Å². The highest BCUT2D eigenvalue weighted by Gasteiger charge is 2.53. The van der Waals surface area contributed by atoms with E-state index in [0.29, 0.717) is 29.0 Å². The number of likely N-dealkylation sites (tertiary alicyclic amines) is 1. The van der Waals surface area contributed by atoms with Gasteiger partial charge in [-0.25, -0.2) is 8.78 Å². The predicted octanol–water partition coefficient (Wildman–Crippen LogP) is 3.99. The lowest BCUT2D eigenvalue weighted by atomic mass is 9.61. The van der Waals surface area contributed by atoms with Gasteiger partial charge in [0.2, 0.25) is 0 Å². The molecule has 0 atom stereocenters. The van der Waals surface area contributed by atoms with Crippen molar-refractivity contribution in [1.29, 1.82) is 0 Å². The molecule has 0 amide bonds. The molecule has 1 spiro atoms. The van der Waals surface area contributed by atoms with Crippen molar-refractivity contribution < 1.29 is 13.5 Å². The Bertz CT molecular complexity index is 1500. The van der Waals surface area contributed by atoms with Gasteiger partial charge in [0, 0.05) is 48.9 Å². The van der Waals surface area contributed by atoms with E-state index in [1.807, 2.05) is 12.1 Å². The van der Waals surface area contributed by atoms with Gasteiger partial charge in [0.15, 0.2) is 11.5 Å². The second-order valence-electron chi connectivity index (χ2n) is 9.86. The molecule has 35 heavy (non-hydrogen) atoms. The standard InChI is InChI=1S/C25H24ClF2N5O2/c1-31-8-6-17-20(5-4-18(26)21(17)24(31)34)35-15-9-25(10-15)12-32(13-25)7-2-3-16-19(27)11-33-14-29-30-23(33)22(16)28/h4-6,8,11,14-15H,2-3,7,9-10,12-13H2,1H3. The van der Waals surface area contributed by atoms with Crippen LogP contribution in [0.15, 0.2) is 41.7 Å². The van der Waals surface area contributed by atoms with Crippen LogP contribution >= 0.6 is 11.6 Å². The molecule has 2 aliphatic rings. The van der Waals surface area contributed by atoms with Crippen LogP contribution in [0.5, 0.6) is 5.75 Å². The molecule has 1 aliphatic carbocycles. The van der Waals surface area contributed by atoms with Gasteiger partial charge in [0.05, 0.1) is 16.5 Å². The second kappa shape index (κ2) is 8.27. The molecular formula is C25H24ClF2N5O2. The van der Waals surface area contributed by atoms with Gasteiger partial charge >= 0.3 is 0 Å². The number of pyridine rings is 2. The molecular weight excluding hydrogens is 476 g/mol. The van der Waals surface area contributed by atoms with Gasteiger partial charge in [-0.2, -0.15) is 0 Å². The summed E-state index contributed by atoms with van der Waals surface area (Å²) in [5.74, 6) is -0.512. The average Bonchev–Trinajstić information content (AvgIpc) is 3.24. The van der Waals surface area contributed by atoms with Crippen molar-refractivity contribution in [3.05, 3.63) is 69.5 Å². The summed E-state index contributed by atoms with van der Waals surface area (Å²) in [6, 6.07) is 5.41. The highest BCUT2D eigenvalue weighted by atomic mass is 35.5. The largest absolute Gasteiger partial charge is 0.490 e. The number of rotatable bonds is 6. The molecule has 4 aromatic rings. The fraction of sp³-hybridized carbons (Fsp3) is 0.400. The number of ether oxygens (including phenoxy) is 1. The fourth-order valence-electron chi connectivity index (χ4n) is 5.62. The lowest BCUT2D eigenvalue weighted by Gasteiger charge is -2.58. The number of aromatic nitrogens is 4. The fourth-order valence-corrected chi connectivity index (χ4v) is 5.87. The van der Waals surface area contributed by atoms with Crippen LogP contribution in [-0.4, -0.2) is 49.8 Å². The van der Waals surface area contributed by atoms with Gasteiger partial charge < -0.3 is 14.2 Å². The third kappa shape index (κ3) is 3.77. The Labute approximate surface area is 204 Å². The summed E-state index contributed by atoms with van der Waals surface area (Å²) in [5.41, 5.74) is 0.236. The molecule has 1 aliphatic heterocycles. The lowest BCUT2D eigenvalue weighted by molar-refractivity contribution is -0.118. The maximum absolute atomic E-state index is 14.5. The third-order valence-electron chi connectivity index (χ3n) is 7.36. The first-order valence-electron chi connectivity index (χ1n) is 11.7. The maximum Gasteiger partial charge on any atom is 0.259 e. The molecule has 3 aromatic heterocycles. The Hall–Kier alpha value is -3.04. The van der Waals surface area contributed by atoms with Crippen molar-refractivity contribution in [3.8, 4) is 5.75 Å². The Kier molecular flexibility index (Phi) is 5.30. The first-order valence-corrected chi connectivity index (χ1v) is 12.0. The van der Waals surface area contributed by atoms with E-state index in [4.69, 9.17) is 16.3 Å². The molecule has 4 heterocycles. The number of hydrogen-bond donors (Lipinski definition) is 0. The first kappa shape index (κ1) is 22.4. The van der Waals surface area contributed by atoms with Crippen molar-refractivity contribution in [2.24, 2.45) is 12.5 Å². The van der Waals surface area contributed by atoms with Crippen molar-refractivity contribution in [1.82, 2.24) is 24.1 Å². The van der Waals surface area contributed by atoms with Crippen molar-refractivity contribution in [2.45, 2.75) is 31.8 Å². The van der Waals surface area contributed by atoms with Gasteiger partial charge in [-0.15, -0.1) is 10.2 Å². The van der Waals surface area contributed by atoms with Gasteiger partial charge in [-0.3, -0.25) is 9.20 Å². The SMILES string of the molecule is Cn1ccc2c(OC3CC4(C3)CN(CCCc3c(F)cn5cnnc5c3F)C4)ccc(Cl)c2c1=O. The molecule has 10 heteroatoms. The molecule has 2 fully saturated rings. The molecule has 1 saturated heterocycles. The molecule has 0 unspecified atom stereocenters. The minimum absolute atomic E-state index is 0.0543. The Morgan fingerprint density at radius 2 is 2.03 bits per heavy atom. The number of benzene rings is 1. The van der Waals surface area contributed by atoms with Gasteiger partial charge in [-0.1, -0.05) is 11.6 Å². The highest BCUT2D eigenvalue weighted by molar-refractivity contribution is 6.35. The summed E-state index contributed by atoms with van der Waals surface area (Å²) >= 11 is 6.28. The minimum Gasteiger partial charge on any atom is -0.490 e. The molecule has 1 saturated carbocycles. The molecule has 7 nitrogen and oxygen atoms in total. The molecule has 0 radical (unpaired) electrons. The summed E-state index contributed by atoms with van der Waals surface area (Å²) in [6.45, 7) is 2.71. The van der Waals surface area contributed by atoms with Crippen LogP contribution in [0.4, 0.5) is 8.78 Å². The monoisotopic (exact) mass is 499 g/mol. The first-order chi connectivity index (χ1) is 16.8. The van der Waals surface area contributed by atoms with Crippen LogP contribution in [0.25, 0.3) is 16.4 Å². The van der Waals surface area contributed by atoms with Crippen LogP contribution in [0.2, 0.25) is 5.02 Å². The molecule has 6 rings (SSSR count). The number of hydrogen-bond acceptors (Lipinski definition) is 5. The number of aryl methyl sites for hydroxylation is 1. The molecule has 1 aromatic carbocycles. The number of nitrogens with zero attached hydrogens (tertiary/aromatic N) is 5. The van der Waals surface area contributed by atoms with Crippen molar-refractivity contribution in [2.75, 3.05) is 19.6 Å². The summed E-state index contributed by atoms with van der Waals surface area (Å²) in [6.07, 6.45) is 7.22. The van der Waals surface area contributed by atoms with Crippen LogP contribution in [-0.2, 0) is 13.5 Å². The van der Waals surface area contributed by atoms with Crippen LogP contribution < -0.4 is 10.3 Å². The van der Waals surface area contributed by atoms with Gasteiger partial charge in [0.1, 0.15) is 17.9 Å². The zero-order valence-corrected chi connectivity index (χ0v) is 19.9. The Balaban J connectivity index is 1.02. The summed E-state index contributed by atoms with van der Waals surface area (Å²) in [5, 5.41) is 9.00. The summed E-state index contributed by atoms with van der Waals surface area (Å²) in [7, 11) is 1.70. The molecule has 0 bridgehead atoms. The Morgan fingerprint density at radius 1 is 1.23 bits per heavy atom. The van der Waals surface area contributed by atoms with E-state index in [1.54, 1.807) is 19.3 Å². The zero-order chi connectivity index (χ0) is 24.3. The van der Waals surface area contributed by atoms with Gasteiger partial charge in [0.25, 0.3) is 5.56 Å². The van der Waals surface area contributed by atoms with E-state index in [-0.39, 0.29) is 28.3 Å². The minimum atomic E-state index is -0.630. The van der Waals surface area contributed by atoms with E-state index in [2.05, 4.69) is 15.1 Å². The quantitative estimate of drug-likeness (QED) is 0.401. The molecule has 0 N–H and O–H groups in total. The van der Waals surface area contributed by atoms with Gasteiger partial charge in [-0.05, 0) is 50.4 Å². The maximum atomic E-state index is 14.5. The predicted molar refractivity (Wildman–Crippen MR) is 128 cm³/mol. The van der Waals surface area contributed by atoms with Crippen molar-refractivity contribution in [3.63, 3.8) is 0 Å². The van der Waals surface area contributed by atoms with Crippen LogP contribution in [0.1, 0.15) is 24.8 Å². The van der Waals surface area contributed by atoms with Crippen molar-refractivity contribution >= 4 is 28.0 Å². The van der Waals surface area contributed by atoms with E-state index < -0.39 is 11.6 Å². The summed E-state index contributed by atoms with van der Waals surface area (Å²) < 4.78 is 37.8. The Morgan fingerprint density at radius 3 is 2.83 bits per heavy atom. The second-order valence-corrected chi connectivity index (χ2v) is 10.3. The zero-order valence-electron chi connectivity index (χ0n) is 19.2. The smallest absolute Gasteiger partial charge is 0.259 e. The molecule has 182 valence electrons. The number of fused-ring (bicyclic) bond motifs is 2. The van der Waals surface area contributed by atoms with Crippen LogP contribution in [0.3, 0.4) is 0 Å². The van der Waals surface area contributed by atoms with E-state index >= 15 is 0 Å². The lowest BCUT2D eigenvalue weighted by Crippen LogP contribution is -2.64. The highest BCUT2D eigenvalue weighted by Crippen LogP contribution is 2.50. The number of halogens is 3. The topological polar surface area (TPSA) is 64.7 Å². The van der Waals surface area contributed by atoms with Crippen LogP contribution in [0, 0.1) is 17.0 Å². The van der Waals surface area contributed by atoms with E-state index in [0.717, 1.165) is 37.9 Å². The summed E-state index contributed by atoms with van der Waals surface area (Å²) in [4.78, 5) is 14.8. The average molecular weight is 500 g/mol. The van der Waals surface area contributed by atoms with E-state index in [1.165, 1.54) is 21.5 Å².